The lowest BCUT2D eigenvalue weighted by atomic mass is 10.0. The van der Waals surface area contributed by atoms with Crippen LogP contribution in [0, 0.1) is 5.92 Å². The van der Waals surface area contributed by atoms with E-state index in [1.54, 1.807) is 81.4 Å². The highest BCUT2D eigenvalue weighted by Gasteiger charge is 2.37. The van der Waals surface area contributed by atoms with Crippen LogP contribution < -0.4 is 5.32 Å². The molecule has 0 radical (unpaired) electrons. The van der Waals surface area contributed by atoms with Crippen molar-refractivity contribution >= 4 is 23.8 Å². The van der Waals surface area contributed by atoms with Crippen molar-refractivity contribution in [3.05, 3.63) is 71.8 Å². The number of rotatable bonds is 9. The van der Waals surface area contributed by atoms with Gasteiger partial charge in [-0.15, -0.1) is 0 Å². The van der Waals surface area contributed by atoms with E-state index in [0.717, 1.165) is 0 Å². The molecule has 1 amide bonds. The van der Waals surface area contributed by atoms with Crippen LogP contribution in [-0.4, -0.2) is 36.0 Å². The number of amides is 1. The maximum absolute atomic E-state index is 12.6. The largest absolute Gasteiger partial charge is 0.460 e. The third-order valence-electron chi connectivity index (χ3n) is 4.05. The van der Waals surface area contributed by atoms with Crippen molar-refractivity contribution in [2.24, 2.45) is 5.92 Å². The van der Waals surface area contributed by atoms with Gasteiger partial charge in [0.05, 0.1) is 6.54 Å². The molecule has 170 valence electrons. The van der Waals surface area contributed by atoms with Crippen molar-refractivity contribution in [3.8, 4) is 0 Å². The highest BCUT2D eigenvalue weighted by atomic mass is 16.6. The van der Waals surface area contributed by atoms with Crippen molar-refractivity contribution in [3.63, 3.8) is 0 Å². The lowest BCUT2D eigenvalue weighted by Crippen LogP contribution is -2.42. The smallest absolute Gasteiger partial charge is 0.408 e. The number of carbonyl (C=O) groups is 4. The summed E-state index contributed by atoms with van der Waals surface area (Å²) in [4.78, 5) is 49.7. The molecule has 0 saturated carbocycles. The zero-order valence-corrected chi connectivity index (χ0v) is 18.3. The Kier molecular flexibility index (Phi) is 8.95. The third kappa shape index (κ3) is 8.59. The van der Waals surface area contributed by atoms with Crippen molar-refractivity contribution in [2.45, 2.75) is 39.6 Å². The molecule has 8 nitrogen and oxygen atoms in total. The Bertz CT molecular complexity index is 865. The predicted octanol–water partition coefficient (Wildman–Crippen LogP) is 3.18. The summed E-state index contributed by atoms with van der Waals surface area (Å²) in [6, 6.07) is 17.6. The maximum atomic E-state index is 12.6. The molecule has 0 atom stereocenters. The lowest BCUT2D eigenvalue weighted by molar-refractivity contribution is -0.165. The summed E-state index contributed by atoms with van der Waals surface area (Å²) in [5.74, 6) is -4.81. The first kappa shape index (κ1) is 24.6. The molecule has 0 aromatic heterocycles. The second-order valence-electron chi connectivity index (χ2n) is 7.94. The second-order valence-corrected chi connectivity index (χ2v) is 7.94. The lowest BCUT2D eigenvalue weighted by Gasteiger charge is -2.20. The van der Waals surface area contributed by atoms with Crippen LogP contribution in [0.1, 0.15) is 31.9 Å². The number of ether oxygens (including phenoxy) is 3. The quantitative estimate of drug-likeness (QED) is 0.362. The topological polar surface area (TPSA) is 108 Å². The summed E-state index contributed by atoms with van der Waals surface area (Å²) in [6.45, 7) is 4.17. The number of nitrogens with one attached hydrogen (secondary N) is 1. The molecular formula is C24H27NO7. The fourth-order valence-corrected chi connectivity index (χ4v) is 2.56. The Balaban J connectivity index is 2.04. The van der Waals surface area contributed by atoms with Gasteiger partial charge in [-0.25, -0.2) is 4.79 Å². The first-order valence-corrected chi connectivity index (χ1v) is 10.1. The molecule has 1 N–H and O–H groups in total. The summed E-state index contributed by atoms with van der Waals surface area (Å²) in [5, 5.41) is 2.25. The van der Waals surface area contributed by atoms with E-state index < -0.39 is 41.9 Å². The van der Waals surface area contributed by atoms with Gasteiger partial charge >= 0.3 is 18.0 Å². The SMILES string of the molecule is CC(C)(C)OC(=O)NCC(=O)C(C(=O)OCc1ccccc1)C(=O)OCc1ccccc1. The minimum Gasteiger partial charge on any atom is -0.460 e. The summed E-state index contributed by atoms with van der Waals surface area (Å²) in [5.41, 5.74) is 0.614. The standard InChI is InChI=1S/C24H27NO7/c1-24(2,3)32-23(29)25-14-19(26)20(21(27)30-15-17-10-6-4-7-11-17)22(28)31-16-18-12-8-5-9-13-18/h4-13,20H,14-16H2,1-3H3,(H,25,29). The van der Waals surface area contributed by atoms with E-state index in [1.807, 2.05) is 0 Å². The maximum Gasteiger partial charge on any atom is 0.408 e. The molecule has 0 bridgehead atoms. The molecule has 0 unspecified atom stereocenters. The Hall–Kier alpha value is -3.68. The van der Waals surface area contributed by atoms with Crippen molar-refractivity contribution in [1.82, 2.24) is 5.32 Å². The minimum absolute atomic E-state index is 0.116. The zero-order valence-electron chi connectivity index (χ0n) is 18.3. The average molecular weight is 441 g/mol. The molecule has 32 heavy (non-hydrogen) atoms. The molecule has 0 saturated heterocycles. The molecule has 0 aliphatic heterocycles. The van der Waals surface area contributed by atoms with E-state index in [0.29, 0.717) is 11.1 Å². The fraction of sp³-hybridized carbons (Fsp3) is 0.333. The number of hydrogen-bond acceptors (Lipinski definition) is 7. The van der Waals surface area contributed by atoms with Crippen molar-refractivity contribution in [1.29, 1.82) is 0 Å². The second kappa shape index (κ2) is 11.6. The zero-order chi connectivity index (χ0) is 23.6. The van der Waals surface area contributed by atoms with E-state index in [1.165, 1.54) is 0 Å². The Morgan fingerprint density at radius 2 is 1.22 bits per heavy atom. The summed E-state index contributed by atoms with van der Waals surface area (Å²) < 4.78 is 15.4. The van der Waals surface area contributed by atoms with E-state index in [4.69, 9.17) is 14.2 Å². The first-order chi connectivity index (χ1) is 15.2. The van der Waals surface area contributed by atoms with Crippen LogP contribution in [0.4, 0.5) is 4.79 Å². The highest BCUT2D eigenvalue weighted by molar-refractivity contribution is 6.15. The van der Waals surface area contributed by atoms with Crippen LogP contribution in [0.2, 0.25) is 0 Å². The molecule has 2 rings (SSSR count). The molecule has 2 aromatic rings. The van der Waals surface area contributed by atoms with Gasteiger partial charge in [-0.1, -0.05) is 60.7 Å². The summed E-state index contributed by atoms with van der Waals surface area (Å²) >= 11 is 0. The summed E-state index contributed by atoms with van der Waals surface area (Å²) in [6.07, 6.45) is -0.847. The van der Waals surface area contributed by atoms with Gasteiger partial charge in [-0.05, 0) is 31.9 Å². The summed E-state index contributed by atoms with van der Waals surface area (Å²) in [7, 11) is 0. The van der Waals surface area contributed by atoms with Gasteiger partial charge in [0.25, 0.3) is 0 Å². The fourth-order valence-electron chi connectivity index (χ4n) is 2.56. The van der Waals surface area contributed by atoms with Crippen molar-refractivity contribution in [2.75, 3.05) is 6.54 Å². The molecule has 0 heterocycles. The number of esters is 2. The molecule has 0 aliphatic rings. The predicted molar refractivity (Wildman–Crippen MR) is 115 cm³/mol. The first-order valence-electron chi connectivity index (χ1n) is 10.1. The third-order valence-corrected chi connectivity index (χ3v) is 4.05. The molecule has 8 heteroatoms. The number of benzene rings is 2. The Labute approximate surface area is 186 Å². The number of alkyl carbamates (subject to hydrolysis) is 1. The van der Waals surface area contributed by atoms with Crippen LogP contribution in [0.15, 0.2) is 60.7 Å². The number of Topliss-reactive ketones (excluding diaryl/α,β-unsaturated/α-hetero) is 1. The number of carbonyl (C=O) groups excluding carboxylic acids is 4. The van der Waals surface area contributed by atoms with E-state index in [9.17, 15) is 19.2 Å². The number of hydrogen-bond donors (Lipinski definition) is 1. The highest BCUT2D eigenvalue weighted by Crippen LogP contribution is 2.12. The molecule has 0 spiro atoms. The van der Waals surface area contributed by atoms with Crippen molar-refractivity contribution < 1.29 is 33.4 Å². The van der Waals surface area contributed by atoms with Crippen LogP contribution >= 0.6 is 0 Å². The van der Waals surface area contributed by atoms with Gasteiger partial charge in [0.1, 0.15) is 18.8 Å². The Morgan fingerprint density at radius 3 is 1.62 bits per heavy atom. The van der Waals surface area contributed by atoms with Crippen LogP contribution in [0.3, 0.4) is 0 Å². The Morgan fingerprint density at radius 1 is 0.781 bits per heavy atom. The normalized spacial score (nSPS) is 10.9. The van der Waals surface area contributed by atoms with Gasteiger partial charge in [0.15, 0.2) is 5.78 Å². The van der Waals surface area contributed by atoms with Gasteiger partial charge < -0.3 is 19.5 Å². The van der Waals surface area contributed by atoms with E-state index in [-0.39, 0.29) is 13.2 Å². The van der Waals surface area contributed by atoms with Gasteiger partial charge in [-0.2, -0.15) is 0 Å². The molecule has 0 aliphatic carbocycles. The average Bonchev–Trinajstić information content (AvgIpc) is 2.75. The molecule has 0 fully saturated rings. The van der Waals surface area contributed by atoms with Gasteiger partial charge in [-0.3, -0.25) is 14.4 Å². The molecular weight excluding hydrogens is 414 g/mol. The minimum atomic E-state index is -1.84. The van der Waals surface area contributed by atoms with E-state index in [2.05, 4.69) is 5.32 Å². The van der Waals surface area contributed by atoms with Gasteiger partial charge in [0, 0.05) is 0 Å². The van der Waals surface area contributed by atoms with Crippen LogP contribution in [-0.2, 0) is 41.8 Å². The van der Waals surface area contributed by atoms with E-state index >= 15 is 0 Å². The monoisotopic (exact) mass is 441 g/mol. The van der Waals surface area contributed by atoms with Crippen LogP contribution in [0.5, 0.6) is 0 Å². The number of ketones is 1. The van der Waals surface area contributed by atoms with Gasteiger partial charge in [0.2, 0.25) is 5.92 Å². The molecule has 2 aromatic carbocycles. The van der Waals surface area contributed by atoms with Crippen LogP contribution in [0.25, 0.3) is 0 Å².